The number of benzene rings is 1. The van der Waals surface area contributed by atoms with Gasteiger partial charge < -0.3 is 23.6 Å². The van der Waals surface area contributed by atoms with Gasteiger partial charge in [0.1, 0.15) is 24.0 Å². The maximum atomic E-state index is 14.2. The Kier molecular flexibility index (Phi) is 11.1. The van der Waals surface area contributed by atoms with E-state index >= 15 is 0 Å². The number of carbonyl (C=O) groups excluding carboxylic acids is 1. The third-order valence-corrected chi connectivity index (χ3v) is 9.64. The van der Waals surface area contributed by atoms with Crippen LogP contribution >= 0.6 is 20.8 Å². The fourth-order valence-corrected chi connectivity index (χ4v) is 7.60. The van der Waals surface area contributed by atoms with Gasteiger partial charge in [-0.05, 0) is 71.9 Å². The molecule has 0 radical (unpaired) electrons. The lowest BCUT2D eigenvalue weighted by Gasteiger charge is -2.39. The molecule has 2 fully saturated rings. The zero-order valence-electron chi connectivity index (χ0n) is 29.1. The molecule has 1 unspecified atom stereocenters. The number of amides is 1. The fourth-order valence-electron chi connectivity index (χ4n) is 6.47. The van der Waals surface area contributed by atoms with Crippen LogP contribution in [0.15, 0.2) is 28.8 Å². The normalized spacial score (nSPS) is 22.4. The molecule has 0 spiro atoms. The van der Waals surface area contributed by atoms with E-state index in [4.69, 9.17) is 41.7 Å². The van der Waals surface area contributed by atoms with Crippen molar-refractivity contribution in [3.8, 4) is 35.8 Å². The zero-order valence-corrected chi connectivity index (χ0v) is 31.0. The van der Waals surface area contributed by atoms with E-state index in [0.29, 0.717) is 49.7 Å². The number of halogens is 2. The number of alkyl halides is 1. The lowest BCUT2D eigenvalue weighted by atomic mass is 9.84. The molecule has 11 nitrogen and oxygen atoms in total. The van der Waals surface area contributed by atoms with Crippen LogP contribution in [0.3, 0.4) is 0 Å². The van der Waals surface area contributed by atoms with E-state index < -0.39 is 23.3 Å². The maximum absolute atomic E-state index is 14.2. The van der Waals surface area contributed by atoms with Gasteiger partial charge in [0.15, 0.2) is 0 Å². The van der Waals surface area contributed by atoms with Gasteiger partial charge in [-0.3, -0.25) is 4.90 Å². The second-order valence-electron chi connectivity index (χ2n) is 14.3. The molecule has 49 heavy (non-hydrogen) atoms. The lowest BCUT2D eigenvalue weighted by molar-refractivity contribution is -0.00375. The second-order valence-corrected chi connectivity index (χ2v) is 15.3. The number of hydrogen-bond donors (Lipinski definition) is 0. The van der Waals surface area contributed by atoms with Crippen molar-refractivity contribution in [1.29, 1.82) is 0 Å². The molecular weight excluding hydrogens is 670 g/mol. The smallest absolute Gasteiger partial charge is 0.410 e. The first-order valence-electron chi connectivity index (χ1n) is 16.4. The molecule has 1 aromatic carbocycles. The summed E-state index contributed by atoms with van der Waals surface area (Å²) in [6.45, 7) is 12.0. The molecule has 6 atom stereocenters. The lowest BCUT2D eigenvalue weighted by Crippen LogP contribution is -2.50. The molecule has 0 N–H and O–H groups in total. The average Bonchev–Trinajstić information content (AvgIpc) is 3.63. The van der Waals surface area contributed by atoms with Gasteiger partial charge in [-0.15, -0.1) is 21.6 Å². The molecule has 264 valence electrons. The molecule has 4 heterocycles. The largest absolute Gasteiger partial charge is 0.474 e. The van der Waals surface area contributed by atoms with Crippen molar-refractivity contribution < 1.29 is 27.9 Å². The van der Waals surface area contributed by atoms with Crippen LogP contribution in [0.5, 0.6) is 11.8 Å². The summed E-state index contributed by atoms with van der Waals surface area (Å²) in [5.41, 5.74) is -0.546. The van der Waals surface area contributed by atoms with Gasteiger partial charge in [0.05, 0.1) is 11.5 Å². The first-order valence-corrected chi connectivity index (χ1v) is 17.4. The summed E-state index contributed by atoms with van der Waals surface area (Å²) in [5, 5.41) is 5.71. The predicted molar refractivity (Wildman–Crippen MR) is 188 cm³/mol. The number of rotatable bonds is 9. The Balaban J connectivity index is 1.43. The number of hydrogen-bond acceptors (Lipinski definition) is 10. The van der Waals surface area contributed by atoms with Crippen LogP contribution in [0, 0.1) is 12.3 Å². The number of likely N-dealkylation sites (N-methyl/N-ethyl adjacent to an activating group) is 1. The van der Waals surface area contributed by atoms with Crippen molar-refractivity contribution in [2.75, 3.05) is 20.1 Å². The van der Waals surface area contributed by atoms with E-state index in [-0.39, 0.29) is 47.7 Å². The Hall–Kier alpha value is -3.52. The molecule has 0 bridgehead atoms. The Bertz CT molecular complexity index is 1670. The standard InChI is InChI=1S/C35H45ClFN6O5P/c1-9-11-22-17-23(14-15-43(22)33(44)47-34(3,4)5)46-28-18-27(45-20(2)25-16-21(37)19-42(25)8)38-30(39-28)31-40-32(48-41-31)35(6,7)29-24(36)12-10-13-26(29)49/h1,10,12-13,18,20-23,25H,11,14-17,19,49H2,2-8H3/t20-,21-,22+,23-,25-/m0/s1. The summed E-state index contributed by atoms with van der Waals surface area (Å²) in [6, 6.07) is 6.81. The Morgan fingerprint density at radius 3 is 2.57 bits per heavy atom. The van der Waals surface area contributed by atoms with Crippen LogP contribution in [0.25, 0.3) is 11.6 Å². The minimum atomic E-state index is -0.926. The third kappa shape index (κ3) is 8.62. The Morgan fingerprint density at radius 1 is 1.18 bits per heavy atom. The Labute approximate surface area is 294 Å². The first kappa shape index (κ1) is 36.8. The molecule has 5 rings (SSSR count). The summed E-state index contributed by atoms with van der Waals surface area (Å²) in [5.74, 6) is 3.71. The van der Waals surface area contributed by atoms with Gasteiger partial charge in [-0.2, -0.15) is 15.0 Å². The van der Waals surface area contributed by atoms with E-state index in [1.165, 1.54) is 0 Å². The van der Waals surface area contributed by atoms with Crippen LogP contribution in [0.1, 0.15) is 78.7 Å². The highest BCUT2D eigenvalue weighted by atomic mass is 35.5. The van der Waals surface area contributed by atoms with Crippen molar-refractivity contribution in [2.24, 2.45) is 0 Å². The molecular formula is C35H45ClFN6O5P. The molecule has 2 aliphatic heterocycles. The van der Waals surface area contributed by atoms with Crippen LogP contribution in [0.2, 0.25) is 5.02 Å². The molecule has 2 aromatic heterocycles. The van der Waals surface area contributed by atoms with E-state index in [9.17, 15) is 9.18 Å². The van der Waals surface area contributed by atoms with Gasteiger partial charge in [-0.25, -0.2) is 9.18 Å². The average molecular weight is 715 g/mol. The Morgan fingerprint density at radius 2 is 1.92 bits per heavy atom. The van der Waals surface area contributed by atoms with Gasteiger partial charge >= 0.3 is 6.09 Å². The summed E-state index contributed by atoms with van der Waals surface area (Å²) in [7, 11) is 4.58. The van der Waals surface area contributed by atoms with E-state index in [1.807, 2.05) is 71.7 Å². The van der Waals surface area contributed by atoms with Crippen LogP contribution in [0.4, 0.5) is 9.18 Å². The molecule has 0 aliphatic carbocycles. The second kappa shape index (κ2) is 14.8. The van der Waals surface area contributed by atoms with Crippen molar-refractivity contribution in [3.63, 3.8) is 0 Å². The minimum absolute atomic E-state index is 0.130. The molecule has 0 saturated carbocycles. The van der Waals surface area contributed by atoms with E-state index in [1.54, 1.807) is 11.0 Å². The van der Waals surface area contributed by atoms with Crippen LogP contribution in [-0.4, -0.2) is 92.2 Å². The minimum Gasteiger partial charge on any atom is -0.474 e. The first-order chi connectivity index (χ1) is 23.0. The number of terminal acetylenes is 1. The summed E-state index contributed by atoms with van der Waals surface area (Å²) >= 11 is 6.60. The van der Waals surface area contributed by atoms with Gasteiger partial charge in [0.2, 0.25) is 29.3 Å². The topological polar surface area (TPSA) is 116 Å². The van der Waals surface area contributed by atoms with Crippen molar-refractivity contribution >= 4 is 32.2 Å². The number of carbonyl (C=O) groups is 1. The van der Waals surface area contributed by atoms with Gasteiger partial charge in [0.25, 0.3) is 0 Å². The fraction of sp³-hybridized carbons (Fsp3) is 0.571. The number of likely N-dealkylation sites (tertiary alicyclic amines) is 2. The molecule has 14 heteroatoms. The van der Waals surface area contributed by atoms with Crippen LogP contribution in [-0.2, 0) is 10.2 Å². The van der Waals surface area contributed by atoms with Crippen LogP contribution < -0.4 is 14.8 Å². The number of nitrogens with zero attached hydrogens (tertiary/aromatic N) is 6. The summed E-state index contributed by atoms with van der Waals surface area (Å²) < 4.78 is 38.3. The highest BCUT2D eigenvalue weighted by Gasteiger charge is 2.37. The number of piperidine rings is 1. The highest BCUT2D eigenvalue weighted by molar-refractivity contribution is 7.27. The van der Waals surface area contributed by atoms with Gasteiger partial charge in [0, 0.05) is 49.5 Å². The molecule has 1 amide bonds. The van der Waals surface area contributed by atoms with E-state index in [2.05, 4.69) is 30.3 Å². The SMILES string of the molecule is C#CC[C@@H]1C[C@@H](Oc2cc(O[C@@H](C)[C@@H]3C[C@H](F)CN3C)nc(-c3noc(C(C)(C)c4c(P)cccc4Cl)n3)n2)CCN1C(=O)OC(C)(C)C. The van der Waals surface area contributed by atoms with E-state index in [0.717, 1.165) is 10.9 Å². The quantitative estimate of drug-likeness (QED) is 0.194. The summed E-state index contributed by atoms with van der Waals surface area (Å²) in [4.78, 5) is 30.6. The summed E-state index contributed by atoms with van der Waals surface area (Å²) in [6.07, 6.45) is 5.33. The number of ether oxygens (including phenoxy) is 3. The molecule has 2 saturated heterocycles. The van der Waals surface area contributed by atoms with Crippen molar-refractivity contribution in [1.82, 2.24) is 29.9 Å². The number of aromatic nitrogens is 4. The van der Waals surface area contributed by atoms with Crippen molar-refractivity contribution in [3.05, 3.63) is 40.7 Å². The van der Waals surface area contributed by atoms with Crippen molar-refractivity contribution in [2.45, 2.75) is 109 Å². The monoisotopic (exact) mass is 714 g/mol. The predicted octanol–water partition coefficient (Wildman–Crippen LogP) is 5.99. The molecule has 2 aliphatic rings. The van der Waals surface area contributed by atoms with Gasteiger partial charge in [-0.1, -0.05) is 28.9 Å². The highest BCUT2D eigenvalue weighted by Crippen LogP contribution is 2.36. The zero-order chi connectivity index (χ0) is 35.7. The molecule has 3 aromatic rings. The maximum Gasteiger partial charge on any atom is 0.410 e. The third-order valence-electron chi connectivity index (χ3n) is 8.85.